The summed E-state index contributed by atoms with van der Waals surface area (Å²) in [6, 6.07) is 5.59. The largest absolute Gasteiger partial charge is 0.508 e. The van der Waals surface area contributed by atoms with E-state index in [1.807, 2.05) is 22.6 Å². The molecule has 0 radical (unpaired) electrons. The highest BCUT2D eigenvalue weighted by molar-refractivity contribution is 14.1. The van der Waals surface area contributed by atoms with Crippen LogP contribution in [0.25, 0.3) is 11.1 Å². The van der Waals surface area contributed by atoms with E-state index in [1.54, 1.807) is 19.1 Å². The molecule has 0 amide bonds. The first kappa shape index (κ1) is 12.8. The highest BCUT2D eigenvalue weighted by Gasteiger charge is 2.14. The third-order valence-corrected chi connectivity index (χ3v) is 3.53. The van der Waals surface area contributed by atoms with Gasteiger partial charge >= 0.3 is 0 Å². The molecule has 0 unspecified atom stereocenters. The van der Waals surface area contributed by atoms with Crippen LogP contribution < -0.4 is 0 Å². The van der Waals surface area contributed by atoms with E-state index < -0.39 is 0 Å². The minimum Gasteiger partial charge on any atom is -0.508 e. The molecule has 94 valence electrons. The summed E-state index contributed by atoms with van der Waals surface area (Å²) in [5, 5.41) is 38.6. The summed E-state index contributed by atoms with van der Waals surface area (Å²) in [4.78, 5) is 0. The normalized spacial score (nSPS) is 10.6. The number of aromatic hydroxyl groups is 4. The van der Waals surface area contributed by atoms with Crippen LogP contribution in [0.1, 0.15) is 5.56 Å². The Hall–Kier alpha value is -1.63. The maximum Gasteiger partial charge on any atom is 0.132 e. The highest BCUT2D eigenvalue weighted by atomic mass is 127. The highest BCUT2D eigenvalue weighted by Crippen LogP contribution is 2.41. The van der Waals surface area contributed by atoms with Crippen LogP contribution in [0.2, 0.25) is 0 Å². The zero-order valence-electron chi connectivity index (χ0n) is 9.48. The molecule has 0 spiro atoms. The fraction of sp³-hybridized carbons (Fsp3) is 0.0769. The monoisotopic (exact) mass is 358 g/mol. The molecule has 0 fully saturated rings. The molecular weight excluding hydrogens is 347 g/mol. The average Bonchev–Trinajstić information content (AvgIpc) is 2.29. The smallest absolute Gasteiger partial charge is 0.132 e. The molecule has 18 heavy (non-hydrogen) atoms. The molecule has 2 aromatic carbocycles. The summed E-state index contributed by atoms with van der Waals surface area (Å²) < 4.78 is 0.561. The van der Waals surface area contributed by atoms with Crippen molar-refractivity contribution in [3.8, 4) is 34.1 Å². The fourth-order valence-corrected chi connectivity index (χ4v) is 2.13. The molecular formula is C13H11IO4. The molecule has 4 nitrogen and oxygen atoms in total. The van der Waals surface area contributed by atoms with E-state index in [0.717, 1.165) is 0 Å². The lowest BCUT2D eigenvalue weighted by Gasteiger charge is -2.11. The number of aryl methyl sites for hydroxylation is 1. The van der Waals surface area contributed by atoms with Gasteiger partial charge in [0.1, 0.15) is 23.0 Å². The number of phenols is 4. The second kappa shape index (κ2) is 4.56. The van der Waals surface area contributed by atoms with E-state index >= 15 is 0 Å². The van der Waals surface area contributed by atoms with Gasteiger partial charge in [-0.3, -0.25) is 0 Å². The Morgan fingerprint density at radius 2 is 1.22 bits per heavy atom. The zero-order chi connectivity index (χ0) is 13.4. The second-order valence-electron chi connectivity index (χ2n) is 3.98. The number of halogens is 1. The topological polar surface area (TPSA) is 80.9 Å². The SMILES string of the molecule is Cc1cc(-c2cc(I)c(O)cc2O)c(O)cc1O. The Bertz CT molecular complexity index is 567. The zero-order valence-corrected chi connectivity index (χ0v) is 11.6. The number of hydrogen-bond acceptors (Lipinski definition) is 4. The summed E-state index contributed by atoms with van der Waals surface area (Å²) in [7, 11) is 0. The van der Waals surface area contributed by atoms with Gasteiger partial charge in [-0.05, 0) is 47.2 Å². The molecule has 0 saturated carbocycles. The Balaban J connectivity index is 2.69. The lowest BCUT2D eigenvalue weighted by molar-refractivity contribution is 0.443. The van der Waals surface area contributed by atoms with E-state index in [2.05, 4.69) is 0 Å². The summed E-state index contributed by atoms with van der Waals surface area (Å²) in [5.74, 6) is -0.292. The fourth-order valence-electron chi connectivity index (χ4n) is 1.67. The van der Waals surface area contributed by atoms with Crippen molar-refractivity contribution < 1.29 is 20.4 Å². The molecule has 5 heteroatoms. The summed E-state index contributed by atoms with van der Waals surface area (Å²) in [6.45, 7) is 1.70. The molecule has 0 aliphatic heterocycles. The van der Waals surface area contributed by atoms with Crippen LogP contribution in [0, 0.1) is 10.5 Å². The Morgan fingerprint density at radius 3 is 1.83 bits per heavy atom. The van der Waals surface area contributed by atoms with Gasteiger partial charge in [0.15, 0.2) is 0 Å². The van der Waals surface area contributed by atoms with Gasteiger partial charge in [0.2, 0.25) is 0 Å². The van der Waals surface area contributed by atoms with E-state index in [4.69, 9.17) is 0 Å². The molecule has 2 aromatic rings. The molecule has 4 N–H and O–H groups in total. The average molecular weight is 358 g/mol. The Kier molecular flexibility index (Phi) is 3.25. The lowest BCUT2D eigenvalue weighted by atomic mass is 10.0. The third-order valence-electron chi connectivity index (χ3n) is 2.67. The second-order valence-corrected chi connectivity index (χ2v) is 5.14. The first-order valence-corrected chi connectivity index (χ1v) is 6.22. The van der Waals surface area contributed by atoms with Crippen LogP contribution in [0.15, 0.2) is 24.3 Å². The molecule has 0 heterocycles. The summed E-state index contributed by atoms with van der Waals surface area (Å²) in [6.07, 6.45) is 0. The van der Waals surface area contributed by atoms with Gasteiger partial charge in [-0.2, -0.15) is 0 Å². The summed E-state index contributed by atoms with van der Waals surface area (Å²) in [5.41, 5.74) is 1.39. The van der Waals surface area contributed by atoms with Crippen LogP contribution in [0.4, 0.5) is 0 Å². The van der Waals surface area contributed by atoms with Crippen molar-refractivity contribution in [2.24, 2.45) is 0 Å². The maximum atomic E-state index is 9.82. The van der Waals surface area contributed by atoms with Crippen LogP contribution in [-0.2, 0) is 0 Å². The Morgan fingerprint density at radius 1 is 0.722 bits per heavy atom. The number of rotatable bonds is 1. The van der Waals surface area contributed by atoms with Gasteiger partial charge in [0, 0.05) is 23.3 Å². The van der Waals surface area contributed by atoms with Gasteiger partial charge in [-0.25, -0.2) is 0 Å². The minimum absolute atomic E-state index is 0.00999. The van der Waals surface area contributed by atoms with Gasteiger partial charge in [-0.1, -0.05) is 0 Å². The van der Waals surface area contributed by atoms with Gasteiger partial charge in [0.25, 0.3) is 0 Å². The van der Waals surface area contributed by atoms with Crippen LogP contribution in [0.3, 0.4) is 0 Å². The predicted molar refractivity (Wildman–Crippen MR) is 76.0 cm³/mol. The van der Waals surface area contributed by atoms with Crippen LogP contribution in [-0.4, -0.2) is 20.4 Å². The first-order chi connectivity index (χ1) is 8.40. The first-order valence-electron chi connectivity index (χ1n) is 5.14. The quantitative estimate of drug-likeness (QED) is 0.591. The van der Waals surface area contributed by atoms with Crippen molar-refractivity contribution in [1.82, 2.24) is 0 Å². The van der Waals surface area contributed by atoms with Crippen molar-refractivity contribution in [3.63, 3.8) is 0 Å². The van der Waals surface area contributed by atoms with Gasteiger partial charge < -0.3 is 20.4 Å². The minimum atomic E-state index is -0.131. The van der Waals surface area contributed by atoms with E-state index in [-0.39, 0.29) is 23.0 Å². The number of benzene rings is 2. The third kappa shape index (κ3) is 2.17. The molecule has 0 bridgehead atoms. The van der Waals surface area contributed by atoms with E-state index in [0.29, 0.717) is 20.3 Å². The molecule has 0 aromatic heterocycles. The van der Waals surface area contributed by atoms with Crippen molar-refractivity contribution in [2.75, 3.05) is 0 Å². The number of hydrogen-bond donors (Lipinski definition) is 4. The molecule has 0 aliphatic carbocycles. The van der Waals surface area contributed by atoms with Gasteiger partial charge in [-0.15, -0.1) is 0 Å². The van der Waals surface area contributed by atoms with Crippen molar-refractivity contribution in [3.05, 3.63) is 33.4 Å². The standard InChI is InChI=1S/C13H11IO4/c1-6-2-7(11(16)4-10(6)15)8-3-9(14)13(18)5-12(8)17/h2-5,15-18H,1H3. The van der Waals surface area contributed by atoms with Crippen LogP contribution >= 0.6 is 22.6 Å². The van der Waals surface area contributed by atoms with Crippen LogP contribution in [0.5, 0.6) is 23.0 Å². The van der Waals surface area contributed by atoms with Gasteiger partial charge in [0.05, 0.1) is 3.57 Å². The number of phenolic OH excluding ortho intramolecular Hbond substituents is 4. The van der Waals surface area contributed by atoms with E-state index in [1.165, 1.54) is 12.1 Å². The maximum absolute atomic E-state index is 9.82. The van der Waals surface area contributed by atoms with Crippen molar-refractivity contribution in [2.45, 2.75) is 6.92 Å². The molecule has 2 rings (SSSR count). The molecule has 0 atom stereocenters. The Labute approximate surface area is 117 Å². The lowest BCUT2D eigenvalue weighted by Crippen LogP contribution is -1.85. The van der Waals surface area contributed by atoms with Crippen molar-refractivity contribution >= 4 is 22.6 Å². The molecule has 0 aliphatic rings. The summed E-state index contributed by atoms with van der Waals surface area (Å²) >= 11 is 1.93. The van der Waals surface area contributed by atoms with Crippen molar-refractivity contribution in [1.29, 1.82) is 0 Å². The van der Waals surface area contributed by atoms with E-state index in [9.17, 15) is 20.4 Å². The predicted octanol–water partition coefficient (Wildman–Crippen LogP) is 3.09. The molecule has 0 saturated heterocycles.